The topological polar surface area (TPSA) is 55.1 Å². The molecule has 0 spiro atoms. The van der Waals surface area contributed by atoms with Crippen LogP contribution in [0.5, 0.6) is 0 Å². The van der Waals surface area contributed by atoms with Gasteiger partial charge in [0, 0.05) is 12.1 Å². The normalized spacial score (nSPS) is 12.3. The largest absolute Gasteiger partial charge is 0.326 e. The number of hydrogen-bond donors (Lipinski definition) is 2. The van der Waals surface area contributed by atoms with Gasteiger partial charge in [-0.1, -0.05) is 39.5 Å². The maximum absolute atomic E-state index is 13.5. The van der Waals surface area contributed by atoms with Crippen molar-refractivity contribution in [2.45, 2.75) is 34.1 Å². The molecular formula is C17H23FN2O. The smallest absolute Gasteiger partial charge is 0.224 e. The lowest BCUT2D eigenvalue weighted by Gasteiger charge is -2.26. The maximum atomic E-state index is 13.5. The summed E-state index contributed by atoms with van der Waals surface area (Å²) >= 11 is 0. The van der Waals surface area contributed by atoms with Crippen LogP contribution in [0.3, 0.4) is 0 Å². The summed E-state index contributed by atoms with van der Waals surface area (Å²) in [7, 11) is 0. The number of carbonyl (C=O) groups is 1. The maximum Gasteiger partial charge on any atom is 0.224 e. The second-order valence-corrected chi connectivity index (χ2v) is 6.22. The molecule has 1 aromatic rings. The number of nitrogens with one attached hydrogen (secondary N) is 1. The van der Waals surface area contributed by atoms with Gasteiger partial charge in [-0.05, 0) is 29.5 Å². The van der Waals surface area contributed by atoms with E-state index in [9.17, 15) is 9.18 Å². The highest BCUT2D eigenvalue weighted by Crippen LogP contribution is 2.28. The third kappa shape index (κ3) is 5.57. The lowest BCUT2D eigenvalue weighted by Crippen LogP contribution is -2.23. The molecule has 3 nitrogen and oxygen atoms in total. The summed E-state index contributed by atoms with van der Waals surface area (Å²) in [6, 6.07) is 4.35. The van der Waals surface area contributed by atoms with Gasteiger partial charge in [-0.2, -0.15) is 0 Å². The zero-order valence-corrected chi connectivity index (χ0v) is 13.1. The van der Waals surface area contributed by atoms with E-state index in [1.54, 1.807) is 0 Å². The predicted octanol–water partition coefficient (Wildman–Crippen LogP) is 3.15. The molecule has 0 bridgehead atoms. The molecular weight excluding hydrogens is 267 g/mol. The van der Waals surface area contributed by atoms with E-state index in [1.807, 2.05) is 6.92 Å². The number of halogens is 1. The van der Waals surface area contributed by atoms with Crippen LogP contribution in [0.15, 0.2) is 18.2 Å². The van der Waals surface area contributed by atoms with Crippen molar-refractivity contribution < 1.29 is 9.18 Å². The number of carbonyl (C=O) groups excluding carboxylic acids is 1. The summed E-state index contributed by atoms with van der Waals surface area (Å²) in [4.78, 5) is 12.0. The van der Waals surface area contributed by atoms with Crippen molar-refractivity contribution in [3.63, 3.8) is 0 Å². The van der Waals surface area contributed by atoms with Crippen LogP contribution in [-0.2, 0) is 4.79 Å². The van der Waals surface area contributed by atoms with E-state index in [2.05, 4.69) is 37.9 Å². The van der Waals surface area contributed by atoms with Crippen LogP contribution in [0, 0.1) is 29.0 Å². The molecule has 114 valence electrons. The molecule has 0 fully saturated rings. The third-order valence-electron chi connectivity index (χ3n) is 3.55. The standard InChI is InChI=1S/C17H23FN2O/c1-12(17(2,3)4)10-16(21)20-14-7-8-15(18)13(11-14)6-5-9-19/h7-8,11-12H,9-10,19H2,1-4H3,(H,20,21). The first kappa shape index (κ1) is 17.2. The Hall–Kier alpha value is -1.86. The van der Waals surface area contributed by atoms with Crippen molar-refractivity contribution in [1.29, 1.82) is 0 Å². The van der Waals surface area contributed by atoms with Crippen molar-refractivity contribution in [3.05, 3.63) is 29.6 Å². The van der Waals surface area contributed by atoms with E-state index in [-0.39, 0.29) is 29.3 Å². The summed E-state index contributed by atoms with van der Waals surface area (Å²) < 4.78 is 13.5. The second-order valence-electron chi connectivity index (χ2n) is 6.22. The minimum absolute atomic E-state index is 0.0674. The van der Waals surface area contributed by atoms with Crippen LogP contribution in [-0.4, -0.2) is 12.5 Å². The zero-order chi connectivity index (χ0) is 16.0. The van der Waals surface area contributed by atoms with Crippen molar-refractivity contribution in [1.82, 2.24) is 0 Å². The van der Waals surface area contributed by atoms with Gasteiger partial charge in [0.25, 0.3) is 0 Å². The number of anilines is 1. The lowest BCUT2D eigenvalue weighted by molar-refractivity contribution is -0.117. The Kier molecular flexibility index (Phi) is 5.92. The molecule has 0 radical (unpaired) electrons. The Bertz CT molecular complexity index is 564. The number of benzene rings is 1. The molecule has 1 aromatic carbocycles. The molecule has 21 heavy (non-hydrogen) atoms. The highest BCUT2D eigenvalue weighted by Gasteiger charge is 2.22. The van der Waals surface area contributed by atoms with E-state index in [4.69, 9.17) is 5.73 Å². The highest BCUT2D eigenvalue weighted by molar-refractivity contribution is 5.91. The first-order valence-corrected chi connectivity index (χ1v) is 7.02. The average molecular weight is 290 g/mol. The molecule has 1 amide bonds. The summed E-state index contributed by atoms with van der Waals surface area (Å²) in [6.07, 6.45) is 0.421. The van der Waals surface area contributed by atoms with Gasteiger partial charge < -0.3 is 11.1 Å². The minimum atomic E-state index is -0.419. The molecule has 4 heteroatoms. The van der Waals surface area contributed by atoms with E-state index in [0.29, 0.717) is 12.1 Å². The molecule has 1 atom stereocenters. The van der Waals surface area contributed by atoms with E-state index < -0.39 is 5.82 Å². The summed E-state index contributed by atoms with van der Waals surface area (Å²) in [5.41, 5.74) is 6.13. The molecule has 3 N–H and O–H groups in total. The fourth-order valence-electron chi connectivity index (χ4n) is 1.64. The summed E-state index contributed by atoms with van der Waals surface area (Å²) in [6.45, 7) is 8.51. The first-order valence-electron chi connectivity index (χ1n) is 7.02. The molecule has 0 aliphatic carbocycles. The van der Waals surface area contributed by atoms with Gasteiger partial charge in [0.05, 0.1) is 12.1 Å². The van der Waals surface area contributed by atoms with Gasteiger partial charge >= 0.3 is 0 Å². The van der Waals surface area contributed by atoms with Gasteiger partial charge in [0.1, 0.15) is 5.82 Å². The fraction of sp³-hybridized carbons (Fsp3) is 0.471. The molecule has 0 aliphatic heterocycles. The monoisotopic (exact) mass is 290 g/mol. The van der Waals surface area contributed by atoms with Crippen molar-refractivity contribution in [2.24, 2.45) is 17.1 Å². The SMILES string of the molecule is CC(CC(=O)Nc1ccc(F)c(C#CCN)c1)C(C)(C)C. The third-order valence-corrected chi connectivity index (χ3v) is 3.55. The molecule has 0 aliphatic rings. The second kappa shape index (κ2) is 7.24. The highest BCUT2D eigenvalue weighted by atomic mass is 19.1. The van der Waals surface area contributed by atoms with Crippen LogP contribution < -0.4 is 11.1 Å². The Morgan fingerprint density at radius 1 is 1.43 bits per heavy atom. The van der Waals surface area contributed by atoms with Crippen LogP contribution in [0.25, 0.3) is 0 Å². The van der Waals surface area contributed by atoms with E-state index >= 15 is 0 Å². The lowest BCUT2D eigenvalue weighted by atomic mass is 9.80. The minimum Gasteiger partial charge on any atom is -0.326 e. The fourth-order valence-corrected chi connectivity index (χ4v) is 1.64. The quantitative estimate of drug-likeness (QED) is 0.840. The first-order chi connectivity index (χ1) is 9.74. The molecule has 1 rings (SSSR count). The Morgan fingerprint density at radius 3 is 2.67 bits per heavy atom. The number of nitrogens with two attached hydrogens (primary N) is 1. The Balaban J connectivity index is 2.77. The average Bonchev–Trinajstić information content (AvgIpc) is 2.38. The molecule has 1 unspecified atom stereocenters. The molecule has 0 saturated heterocycles. The van der Waals surface area contributed by atoms with E-state index in [1.165, 1.54) is 18.2 Å². The Morgan fingerprint density at radius 2 is 2.10 bits per heavy atom. The number of hydrogen-bond acceptors (Lipinski definition) is 2. The predicted molar refractivity (Wildman–Crippen MR) is 84.2 cm³/mol. The Labute approximate surface area is 126 Å². The van der Waals surface area contributed by atoms with Gasteiger partial charge in [0.15, 0.2) is 0 Å². The van der Waals surface area contributed by atoms with Gasteiger partial charge in [-0.3, -0.25) is 4.79 Å². The van der Waals surface area contributed by atoms with Crippen molar-refractivity contribution in [3.8, 4) is 11.8 Å². The van der Waals surface area contributed by atoms with Crippen LogP contribution in [0.4, 0.5) is 10.1 Å². The molecule has 0 heterocycles. The number of amides is 1. The van der Waals surface area contributed by atoms with Crippen LogP contribution in [0.1, 0.15) is 39.7 Å². The van der Waals surface area contributed by atoms with Crippen molar-refractivity contribution >= 4 is 11.6 Å². The number of rotatable bonds is 3. The van der Waals surface area contributed by atoms with Gasteiger partial charge in [-0.15, -0.1) is 0 Å². The molecule has 0 saturated carbocycles. The molecule has 0 aromatic heterocycles. The van der Waals surface area contributed by atoms with E-state index in [0.717, 1.165) is 0 Å². The zero-order valence-electron chi connectivity index (χ0n) is 13.1. The van der Waals surface area contributed by atoms with Crippen LogP contribution in [0.2, 0.25) is 0 Å². The van der Waals surface area contributed by atoms with Gasteiger partial charge in [0.2, 0.25) is 5.91 Å². The van der Waals surface area contributed by atoms with Crippen LogP contribution >= 0.6 is 0 Å². The summed E-state index contributed by atoms with van der Waals surface area (Å²) in [5, 5.41) is 2.78. The van der Waals surface area contributed by atoms with Gasteiger partial charge in [-0.25, -0.2) is 4.39 Å². The summed E-state index contributed by atoms with van der Waals surface area (Å²) in [5.74, 6) is 5.00. The van der Waals surface area contributed by atoms with Crippen molar-refractivity contribution in [2.75, 3.05) is 11.9 Å².